The summed E-state index contributed by atoms with van der Waals surface area (Å²) in [7, 11) is 1.79. The fourth-order valence-electron chi connectivity index (χ4n) is 0.945. The van der Waals surface area contributed by atoms with E-state index in [1.807, 2.05) is 0 Å². The van der Waals surface area contributed by atoms with Crippen LogP contribution in [0.25, 0.3) is 0 Å². The zero-order valence-electron chi connectivity index (χ0n) is 10.3. The Morgan fingerprint density at radius 3 is 2.60 bits per heavy atom. The number of hydrogen-bond acceptors (Lipinski definition) is 1. The molecule has 3 heteroatoms. The van der Waals surface area contributed by atoms with Crippen molar-refractivity contribution in [2.45, 2.75) is 49.3 Å². The molecular formula is C12H24OSeTe. The van der Waals surface area contributed by atoms with Crippen LogP contribution in [0.3, 0.4) is 0 Å². The van der Waals surface area contributed by atoms with Gasteiger partial charge in [-0.25, -0.2) is 0 Å². The van der Waals surface area contributed by atoms with Gasteiger partial charge >= 0.3 is 112 Å². The van der Waals surface area contributed by atoms with Gasteiger partial charge in [-0.05, 0) is 0 Å². The number of hydrogen-bond donors (Lipinski definition) is 0. The monoisotopic (exact) mass is 394 g/mol. The minimum absolute atomic E-state index is 0.154. The van der Waals surface area contributed by atoms with Crippen LogP contribution in [0.4, 0.5) is 0 Å². The molecule has 0 rings (SSSR count). The molecule has 0 spiro atoms. The molecule has 0 aliphatic carbocycles. The third kappa shape index (κ3) is 11.3. The Balaban J connectivity index is 3.73. The first kappa shape index (κ1) is 16.0. The first-order valence-corrected chi connectivity index (χ1v) is 10.7. The topological polar surface area (TPSA) is 9.23 Å². The molecular weight excluding hydrogens is 367 g/mol. The van der Waals surface area contributed by atoms with E-state index >= 15 is 0 Å². The van der Waals surface area contributed by atoms with Crippen molar-refractivity contribution >= 4 is 35.9 Å². The van der Waals surface area contributed by atoms with Gasteiger partial charge in [0.25, 0.3) is 0 Å². The first-order chi connectivity index (χ1) is 7.35. The van der Waals surface area contributed by atoms with Gasteiger partial charge in [-0.1, -0.05) is 0 Å². The van der Waals surface area contributed by atoms with Crippen molar-refractivity contribution < 1.29 is 4.74 Å². The van der Waals surface area contributed by atoms with Crippen molar-refractivity contribution in [3.8, 4) is 0 Å². The summed E-state index contributed by atoms with van der Waals surface area (Å²) in [6.45, 7) is 5.40. The molecule has 0 amide bonds. The van der Waals surface area contributed by atoms with E-state index in [0.717, 1.165) is 21.6 Å². The average molecular weight is 391 g/mol. The van der Waals surface area contributed by atoms with E-state index in [1.54, 1.807) is 9.63 Å². The average Bonchev–Trinajstić information content (AvgIpc) is 2.25. The quantitative estimate of drug-likeness (QED) is 0.411. The second kappa shape index (κ2) is 13.1. The van der Waals surface area contributed by atoms with Gasteiger partial charge in [0, 0.05) is 0 Å². The van der Waals surface area contributed by atoms with E-state index in [9.17, 15) is 0 Å². The Morgan fingerprint density at radius 1 is 1.27 bits per heavy atom. The van der Waals surface area contributed by atoms with Crippen molar-refractivity contribution in [2.75, 3.05) is 13.7 Å². The first-order valence-electron chi connectivity index (χ1n) is 5.79. The summed E-state index contributed by atoms with van der Waals surface area (Å²) in [6.07, 6.45) is 7.90. The van der Waals surface area contributed by atoms with Crippen molar-refractivity contribution in [2.24, 2.45) is 0 Å². The van der Waals surface area contributed by atoms with Crippen molar-refractivity contribution in [3.05, 3.63) is 8.60 Å². The molecule has 1 nitrogen and oxygen atoms in total. The SMILES string of the molecule is CCCC[Se]/C(=C\COC)[Te]CCCC. The van der Waals surface area contributed by atoms with Crippen LogP contribution in [0.1, 0.15) is 39.5 Å². The third-order valence-corrected chi connectivity index (χ3v) is 9.98. The number of unbranched alkanes of at least 4 members (excludes halogenated alkanes) is 2. The Bertz CT molecular complexity index is 148. The molecule has 0 aromatic rings. The van der Waals surface area contributed by atoms with E-state index in [-0.39, 0.29) is 20.9 Å². The minimum atomic E-state index is 0.154. The van der Waals surface area contributed by atoms with Crippen LogP contribution >= 0.6 is 0 Å². The number of rotatable bonds is 10. The van der Waals surface area contributed by atoms with Crippen LogP contribution in [-0.4, -0.2) is 49.6 Å². The van der Waals surface area contributed by atoms with Gasteiger partial charge < -0.3 is 0 Å². The Hall–Kier alpha value is 1.01. The summed E-state index contributed by atoms with van der Waals surface area (Å²) in [5, 5.41) is 1.44. The summed E-state index contributed by atoms with van der Waals surface area (Å²) < 4.78 is 8.43. The van der Waals surface area contributed by atoms with Gasteiger partial charge in [0.1, 0.15) is 0 Å². The van der Waals surface area contributed by atoms with E-state index < -0.39 is 0 Å². The predicted octanol–water partition coefficient (Wildman–Crippen LogP) is 3.32. The van der Waals surface area contributed by atoms with Crippen molar-refractivity contribution in [3.63, 3.8) is 0 Å². The van der Waals surface area contributed by atoms with E-state index in [1.165, 1.54) is 35.5 Å². The van der Waals surface area contributed by atoms with Crippen LogP contribution < -0.4 is 0 Å². The second-order valence-electron chi connectivity index (χ2n) is 3.38. The van der Waals surface area contributed by atoms with Gasteiger partial charge in [0.15, 0.2) is 0 Å². The van der Waals surface area contributed by atoms with Crippen LogP contribution in [0.2, 0.25) is 9.79 Å². The predicted molar refractivity (Wildman–Crippen MR) is 70.9 cm³/mol. The standard InChI is InChI=1S/C12H24OSeTe/c1-4-6-10-14-12(8-9-13-3)15-11-7-5-2/h8H,4-7,9-11H2,1-3H3/b12-8+. The molecule has 0 heterocycles. The zero-order chi connectivity index (χ0) is 11.4. The molecule has 0 aliphatic heterocycles. The van der Waals surface area contributed by atoms with Crippen molar-refractivity contribution in [1.82, 2.24) is 0 Å². The van der Waals surface area contributed by atoms with E-state index in [0.29, 0.717) is 0 Å². The van der Waals surface area contributed by atoms with Crippen molar-refractivity contribution in [1.29, 1.82) is 0 Å². The van der Waals surface area contributed by atoms with Gasteiger partial charge in [0.2, 0.25) is 0 Å². The Labute approximate surface area is 112 Å². The van der Waals surface area contributed by atoms with E-state index in [4.69, 9.17) is 4.74 Å². The molecule has 0 aliphatic rings. The molecule has 0 N–H and O–H groups in total. The maximum absolute atomic E-state index is 5.14. The molecule has 0 saturated carbocycles. The molecule has 15 heavy (non-hydrogen) atoms. The summed E-state index contributed by atoms with van der Waals surface area (Å²) in [4.78, 5) is 0. The van der Waals surface area contributed by atoms with Crippen LogP contribution in [0, 0.1) is 0 Å². The van der Waals surface area contributed by atoms with Crippen LogP contribution in [0.15, 0.2) is 8.60 Å². The molecule has 90 valence electrons. The summed E-state index contributed by atoms with van der Waals surface area (Å²) in [5.41, 5.74) is 0. The van der Waals surface area contributed by atoms with Gasteiger partial charge in [-0.15, -0.1) is 0 Å². The fraction of sp³-hybridized carbons (Fsp3) is 0.833. The van der Waals surface area contributed by atoms with Crippen LogP contribution in [0.5, 0.6) is 0 Å². The van der Waals surface area contributed by atoms with Gasteiger partial charge in [-0.3, -0.25) is 0 Å². The molecule has 0 bridgehead atoms. The number of ether oxygens (including phenoxy) is 1. The third-order valence-electron chi connectivity index (χ3n) is 1.90. The fourth-order valence-corrected chi connectivity index (χ4v) is 8.83. The molecule has 0 radical (unpaired) electrons. The molecule has 0 aromatic carbocycles. The maximum atomic E-state index is 5.14. The second-order valence-corrected chi connectivity index (χ2v) is 10.8. The Morgan fingerprint density at radius 2 is 2.00 bits per heavy atom. The molecule has 0 fully saturated rings. The zero-order valence-corrected chi connectivity index (χ0v) is 14.3. The molecule has 0 unspecified atom stereocenters. The van der Waals surface area contributed by atoms with E-state index in [2.05, 4.69) is 19.9 Å². The number of methoxy groups -OCH3 is 1. The van der Waals surface area contributed by atoms with Gasteiger partial charge in [-0.2, -0.15) is 0 Å². The summed E-state index contributed by atoms with van der Waals surface area (Å²) in [5.74, 6) is 0. The molecule has 0 aromatic heterocycles. The van der Waals surface area contributed by atoms with Gasteiger partial charge in [0.05, 0.1) is 0 Å². The molecule has 0 saturated heterocycles. The Kier molecular flexibility index (Phi) is 14.0. The summed E-state index contributed by atoms with van der Waals surface area (Å²) >= 11 is 0.936. The normalized spacial score (nSPS) is 12.1. The molecule has 0 atom stereocenters. The summed E-state index contributed by atoms with van der Waals surface area (Å²) in [6, 6.07) is 0. The van der Waals surface area contributed by atoms with Crippen LogP contribution in [-0.2, 0) is 4.74 Å².